The van der Waals surface area contributed by atoms with Crippen molar-refractivity contribution in [2.45, 2.75) is 51.0 Å². The number of hydrogen-bond donors (Lipinski definition) is 2. The molecule has 136 valence electrons. The van der Waals surface area contributed by atoms with Crippen LogP contribution in [0.25, 0.3) is 6.08 Å². The van der Waals surface area contributed by atoms with Gasteiger partial charge in [0.25, 0.3) is 0 Å². The standard InChI is InChI=1S/C20H29N3O2/c24-20(25)11-9-16-8-10-19(21-13-16)22-18-7-4-12-23(15-18)14-17-5-2-1-3-6-17/h8-11,13,17-18H,1-7,12,14-15H2,(H,21,22)(H,24,25)/b11-9+. The van der Waals surface area contributed by atoms with Crippen molar-refractivity contribution in [3.8, 4) is 0 Å². The van der Waals surface area contributed by atoms with Crippen molar-refractivity contribution in [2.75, 3.05) is 25.0 Å². The number of carboxylic acids is 1. The zero-order valence-electron chi connectivity index (χ0n) is 14.9. The minimum absolute atomic E-state index is 0.449. The Bertz CT molecular complexity index is 579. The number of aromatic nitrogens is 1. The van der Waals surface area contributed by atoms with E-state index in [1.807, 2.05) is 12.1 Å². The Morgan fingerprint density at radius 3 is 2.80 bits per heavy atom. The number of rotatable bonds is 6. The molecule has 1 aliphatic heterocycles. The summed E-state index contributed by atoms with van der Waals surface area (Å²) in [6.07, 6.45) is 13.9. The zero-order chi connectivity index (χ0) is 17.5. The minimum atomic E-state index is -0.942. The van der Waals surface area contributed by atoms with E-state index in [1.165, 1.54) is 58.0 Å². The van der Waals surface area contributed by atoms with Gasteiger partial charge in [0.05, 0.1) is 0 Å². The molecule has 2 heterocycles. The predicted molar refractivity (Wildman–Crippen MR) is 101 cm³/mol. The molecule has 5 nitrogen and oxygen atoms in total. The summed E-state index contributed by atoms with van der Waals surface area (Å²) >= 11 is 0. The van der Waals surface area contributed by atoms with Crippen LogP contribution in [0.15, 0.2) is 24.4 Å². The lowest BCUT2D eigenvalue weighted by molar-refractivity contribution is -0.131. The van der Waals surface area contributed by atoms with E-state index < -0.39 is 5.97 Å². The summed E-state index contributed by atoms with van der Waals surface area (Å²) in [5.41, 5.74) is 0.801. The van der Waals surface area contributed by atoms with Crippen molar-refractivity contribution in [3.05, 3.63) is 30.0 Å². The SMILES string of the molecule is O=C(O)/C=C/c1ccc(NC2CCCN(CC3CCCCC3)C2)nc1. The Kier molecular flexibility index (Phi) is 6.45. The summed E-state index contributed by atoms with van der Waals surface area (Å²) in [5, 5.41) is 12.2. The van der Waals surface area contributed by atoms with Gasteiger partial charge in [-0.2, -0.15) is 0 Å². The first-order valence-corrected chi connectivity index (χ1v) is 9.55. The van der Waals surface area contributed by atoms with E-state index in [4.69, 9.17) is 5.11 Å². The summed E-state index contributed by atoms with van der Waals surface area (Å²) in [7, 11) is 0. The lowest BCUT2D eigenvalue weighted by Gasteiger charge is -2.36. The molecule has 2 aliphatic rings. The highest BCUT2D eigenvalue weighted by Gasteiger charge is 2.23. The number of carbonyl (C=O) groups is 1. The number of likely N-dealkylation sites (tertiary alicyclic amines) is 1. The molecular formula is C20H29N3O2. The zero-order valence-corrected chi connectivity index (χ0v) is 14.9. The summed E-state index contributed by atoms with van der Waals surface area (Å²) in [6.45, 7) is 3.57. The summed E-state index contributed by atoms with van der Waals surface area (Å²) in [4.78, 5) is 17.6. The van der Waals surface area contributed by atoms with Crippen LogP contribution in [0.1, 0.15) is 50.5 Å². The fourth-order valence-electron chi connectivity index (χ4n) is 4.04. The van der Waals surface area contributed by atoms with Crippen LogP contribution in [-0.2, 0) is 4.79 Å². The van der Waals surface area contributed by atoms with E-state index >= 15 is 0 Å². The molecule has 0 spiro atoms. The predicted octanol–water partition coefficient (Wildman–Crippen LogP) is 3.64. The van der Waals surface area contributed by atoms with Crippen LogP contribution in [-0.4, -0.2) is 46.6 Å². The number of piperidine rings is 1. The van der Waals surface area contributed by atoms with Gasteiger partial charge in [-0.25, -0.2) is 9.78 Å². The highest BCUT2D eigenvalue weighted by atomic mass is 16.4. The monoisotopic (exact) mass is 343 g/mol. The molecule has 0 aromatic carbocycles. The quantitative estimate of drug-likeness (QED) is 0.772. The molecule has 0 radical (unpaired) electrons. The molecule has 1 aromatic rings. The van der Waals surface area contributed by atoms with Crippen molar-refractivity contribution in [1.29, 1.82) is 0 Å². The lowest BCUT2D eigenvalue weighted by atomic mass is 9.88. The summed E-state index contributed by atoms with van der Waals surface area (Å²) < 4.78 is 0. The van der Waals surface area contributed by atoms with Gasteiger partial charge < -0.3 is 15.3 Å². The Balaban J connectivity index is 1.49. The van der Waals surface area contributed by atoms with E-state index in [1.54, 1.807) is 12.3 Å². The van der Waals surface area contributed by atoms with Gasteiger partial charge >= 0.3 is 5.97 Å². The Hall–Kier alpha value is -1.88. The number of carboxylic acid groups (broad SMARTS) is 1. The molecule has 25 heavy (non-hydrogen) atoms. The van der Waals surface area contributed by atoms with Crippen molar-refractivity contribution >= 4 is 17.9 Å². The number of pyridine rings is 1. The first-order valence-electron chi connectivity index (χ1n) is 9.55. The lowest BCUT2D eigenvalue weighted by Crippen LogP contribution is -2.44. The van der Waals surface area contributed by atoms with Crippen LogP contribution >= 0.6 is 0 Å². The van der Waals surface area contributed by atoms with Crippen LogP contribution in [0.5, 0.6) is 0 Å². The van der Waals surface area contributed by atoms with Gasteiger partial charge in [0.1, 0.15) is 5.82 Å². The summed E-state index contributed by atoms with van der Waals surface area (Å²) in [5.74, 6) is 0.824. The molecule has 2 fully saturated rings. The Morgan fingerprint density at radius 2 is 2.08 bits per heavy atom. The van der Waals surface area contributed by atoms with E-state index in [2.05, 4.69) is 15.2 Å². The highest BCUT2D eigenvalue weighted by molar-refractivity contribution is 5.85. The molecule has 0 bridgehead atoms. The third-order valence-corrected chi connectivity index (χ3v) is 5.30. The smallest absolute Gasteiger partial charge is 0.328 e. The van der Waals surface area contributed by atoms with Crippen molar-refractivity contribution < 1.29 is 9.90 Å². The van der Waals surface area contributed by atoms with Gasteiger partial charge in [0, 0.05) is 31.4 Å². The molecule has 5 heteroatoms. The van der Waals surface area contributed by atoms with Crippen LogP contribution in [0, 0.1) is 5.92 Å². The summed E-state index contributed by atoms with van der Waals surface area (Å²) in [6, 6.07) is 4.28. The second kappa shape index (κ2) is 8.99. The van der Waals surface area contributed by atoms with E-state index in [9.17, 15) is 4.79 Å². The van der Waals surface area contributed by atoms with Crippen molar-refractivity contribution in [2.24, 2.45) is 5.92 Å². The molecule has 2 N–H and O–H groups in total. The topological polar surface area (TPSA) is 65.5 Å². The largest absolute Gasteiger partial charge is 0.478 e. The van der Waals surface area contributed by atoms with Crippen molar-refractivity contribution in [1.82, 2.24) is 9.88 Å². The maximum absolute atomic E-state index is 10.6. The fraction of sp³-hybridized carbons (Fsp3) is 0.600. The second-order valence-corrected chi connectivity index (χ2v) is 7.40. The third kappa shape index (κ3) is 5.85. The van der Waals surface area contributed by atoms with Gasteiger partial charge in [-0.05, 0) is 61.9 Å². The fourth-order valence-corrected chi connectivity index (χ4v) is 4.04. The average molecular weight is 343 g/mol. The second-order valence-electron chi connectivity index (χ2n) is 7.40. The van der Waals surface area contributed by atoms with Crippen LogP contribution in [0.3, 0.4) is 0 Å². The molecule has 1 saturated heterocycles. The molecule has 3 rings (SSSR count). The molecule has 1 aliphatic carbocycles. The molecule has 1 atom stereocenters. The van der Waals surface area contributed by atoms with Gasteiger partial charge in [-0.1, -0.05) is 19.3 Å². The first-order chi connectivity index (χ1) is 12.2. The van der Waals surface area contributed by atoms with Gasteiger partial charge in [-0.15, -0.1) is 0 Å². The normalized spacial score (nSPS) is 23.0. The average Bonchev–Trinajstić information content (AvgIpc) is 2.62. The van der Waals surface area contributed by atoms with Crippen LogP contribution in [0.2, 0.25) is 0 Å². The van der Waals surface area contributed by atoms with Gasteiger partial charge in [-0.3, -0.25) is 0 Å². The van der Waals surface area contributed by atoms with E-state index in [0.717, 1.165) is 29.9 Å². The number of nitrogens with one attached hydrogen (secondary N) is 1. The number of nitrogens with zero attached hydrogens (tertiary/aromatic N) is 2. The molecule has 1 saturated carbocycles. The van der Waals surface area contributed by atoms with E-state index in [-0.39, 0.29) is 0 Å². The molecule has 0 amide bonds. The first kappa shape index (κ1) is 17.9. The molecule has 1 unspecified atom stereocenters. The van der Waals surface area contributed by atoms with E-state index in [0.29, 0.717) is 6.04 Å². The van der Waals surface area contributed by atoms with Crippen LogP contribution < -0.4 is 5.32 Å². The Labute approximate surface area is 150 Å². The molecular weight excluding hydrogens is 314 g/mol. The number of aliphatic carboxylic acids is 1. The van der Waals surface area contributed by atoms with Gasteiger partial charge in [0.15, 0.2) is 0 Å². The maximum Gasteiger partial charge on any atom is 0.328 e. The Morgan fingerprint density at radius 1 is 1.24 bits per heavy atom. The maximum atomic E-state index is 10.6. The van der Waals surface area contributed by atoms with Crippen molar-refractivity contribution in [3.63, 3.8) is 0 Å². The van der Waals surface area contributed by atoms with Crippen LogP contribution in [0.4, 0.5) is 5.82 Å². The number of anilines is 1. The highest BCUT2D eigenvalue weighted by Crippen LogP contribution is 2.26. The third-order valence-electron chi connectivity index (χ3n) is 5.30. The van der Waals surface area contributed by atoms with Gasteiger partial charge in [0.2, 0.25) is 0 Å². The minimum Gasteiger partial charge on any atom is -0.478 e. The molecule has 1 aromatic heterocycles. The number of hydrogen-bond acceptors (Lipinski definition) is 4.